The molecule has 2 nitrogen and oxygen atoms in total. The van der Waals surface area contributed by atoms with E-state index in [4.69, 9.17) is 4.74 Å². The fourth-order valence-corrected chi connectivity index (χ4v) is 4.32. The average molecular weight is 300 g/mol. The molecule has 0 radical (unpaired) electrons. The molecule has 1 fully saturated rings. The highest BCUT2D eigenvalue weighted by atomic mass is 31.1. The van der Waals surface area contributed by atoms with E-state index in [-0.39, 0.29) is 22.1 Å². The molecule has 2 unspecified atom stereocenters. The maximum Gasteiger partial charge on any atom is 0.316 e. The normalized spacial score (nSPS) is 22.7. The summed E-state index contributed by atoms with van der Waals surface area (Å²) in [5, 5.41) is -0.322. The molecule has 118 valence electrons. The summed E-state index contributed by atoms with van der Waals surface area (Å²) in [4.78, 5) is 12.8. The van der Waals surface area contributed by atoms with Gasteiger partial charge < -0.3 is 4.74 Å². The van der Waals surface area contributed by atoms with E-state index in [2.05, 4.69) is 41.3 Å². The van der Waals surface area contributed by atoms with Gasteiger partial charge in [0.2, 0.25) is 0 Å². The Morgan fingerprint density at radius 1 is 1.15 bits per heavy atom. The Morgan fingerprint density at radius 3 is 2.10 bits per heavy atom. The van der Waals surface area contributed by atoms with E-state index in [9.17, 15) is 4.79 Å². The van der Waals surface area contributed by atoms with Crippen molar-refractivity contribution in [1.82, 2.24) is 0 Å². The molecule has 1 saturated carbocycles. The Kier molecular flexibility index (Phi) is 6.08. The van der Waals surface area contributed by atoms with Gasteiger partial charge in [0.25, 0.3) is 0 Å². The molecule has 0 spiro atoms. The molecular formula is C17H33O2P. The van der Waals surface area contributed by atoms with Crippen molar-refractivity contribution in [2.45, 2.75) is 90.3 Å². The Labute approximate surface area is 127 Å². The third-order valence-electron chi connectivity index (χ3n) is 4.60. The van der Waals surface area contributed by atoms with Gasteiger partial charge in [-0.2, -0.15) is 0 Å². The Bertz CT molecular complexity index is 326. The van der Waals surface area contributed by atoms with Crippen molar-refractivity contribution in [1.29, 1.82) is 0 Å². The summed E-state index contributed by atoms with van der Waals surface area (Å²) in [5.74, 6) is 0.0389. The number of hydrogen-bond acceptors (Lipinski definition) is 2. The summed E-state index contributed by atoms with van der Waals surface area (Å²) in [6, 6.07) is 0. The molecule has 3 heteroatoms. The van der Waals surface area contributed by atoms with Crippen molar-refractivity contribution in [3.05, 3.63) is 0 Å². The van der Waals surface area contributed by atoms with Crippen LogP contribution in [0.1, 0.15) is 79.6 Å². The van der Waals surface area contributed by atoms with Crippen LogP contribution in [0.4, 0.5) is 0 Å². The number of hydrogen-bond donors (Lipinski definition) is 0. The second-order valence-corrected chi connectivity index (χ2v) is 9.41. The molecule has 0 N–H and O–H groups in total. The van der Waals surface area contributed by atoms with E-state index in [0.717, 1.165) is 25.7 Å². The fourth-order valence-electron chi connectivity index (χ4n) is 3.36. The van der Waals surface area contributed by atoms with Crippen LogP contribution in [0.2, 0.25) is 0 Å². The molecule has 2 atom stereocenters. The molecule has 1 aliphatic carbocycles. The molecule has 0 saturated heterocycles. The first-order chi connectivity index (χ1) is 9.16. The van der Waals surface area contributed by atoms with Gasteiger partial charge in [0.15, 0.2) is 0 Å². The summed E-state index contributed by atoms with van der Waals surface area (Å²) >= 11 is 0. The van der Waals surface area contributed by atoms with Gasteiger partial charge in [-0.15, -0.1) is 8.58 Å². The number of rotatable bonds is 5. The Balaban J connectivity index is 2.80. The lowest BCUT2D eigenvalue weighted by Crippen LogP contribution is -2.44. The van der Waals surface area contributed by atoms with Crippen molar-refractivity contribution in [3.8, 4) is 0 Å². The van der Waals surface area contributed by atoms with E-state index in [0.29, 0.717) is 8.58 Å². The number of esters is 1. The zero-order valence-corrected chi connectivity index (χ0v) is 15.3. The van der Waals surface area contributed by atoms with Crippen molar-refractivity contribution in [2.24, 2.45) is 5.41 Å². The van der Waals surface area contributed by atoms with Gasteiger partial charge in [-0.05, 0) is 57.5 Å². The molecule has 1 aliphatic rings. The van der Waals surface area contributed by atoms with E-state index < -0.39 is 0 Å². The Morgan fingerprint density at radius 2 is 1.70 bits per heavy atom. The van der Waals surface area contributed by atoms with Gasteiger partial charge in [-0.25, -0.2) is 0 Å². The molecule has 1 rings (SSSR count). The number of ether oxygens (including phenoxy) is 1. The number of carbonyl (C=O) groups is 1. The monoisotopic (exact) mass is 300 g/mol. The van der Waals surface area contributed by atoms with Crippen LogP contribution in [0, 0.1) is 5.41 Å². The van der Waals surface area contributed by atoms with E-state index in [1.807, 2.05) is 0 Å². The van der Waals surface area contributed by atoms with Gasteiger partial charge >= 0.3 is 5.97 Å². The third kappa shape index (κ3) is 4.72. The molecule has 0 aromatic carbocycles. The molecule has 20 heavy (non-hydrogen) atoms. The second-order valence-electron chi connectivity index (χ2n) is 7.81. The highest BCUT2D eigenvalue weighted by Gasteiger charge is 2.42. The zero-order valence-electron chi connectivity index (χ0n) is 14.3. The average Bonchev–Trinajstić information content (AvgIpc) is 2.37. The van der Waals surface area contributed by atoms with Gasteiger partial charge in [-0.3, -0.25) is 4.79 Å². The molecule has 0 aromatic heterocycles. The lowest BCUT2D eigenvalue weighted by molar-refractivity contribution is -0.167. The van der Waals surface area contributed by atoms with Crippen LogP contribution in [-0.4, -0.2) is 23.4 Å². The quantitative estimate of drug-likeness (QED) is 0.518. The predicted molar refractivity (Wildman–Crippen MR) is 88.9 cm³/mol. The minimum atomic E-state index is -0.322. The van der Waals surface area contributed by atoms with Gasteiger partial charge in [0.05, 0.1) is 5.16 Å². The first-order valence-electron chi connectivity index (χ1n) is 8.09. The van der Waals surface area contributed by atoms with Gasteiger partial charge in [0.1, 0.15) is 5.60 Å². The standard InChI is InChI=1S/C17H33O2P/c1-7-17(11-9-8-10-12-17)19-14(18)16(5,20-6)13-15(2,3)4/h20H,7-13H2,1-6H3. The van der Waals surface area contributed by atoms with Crippen molar-refractivity contribution in [3.63, 3.8) is 0 Å². The van der Waals surface area contributed by atoms with Crippen molar-refractivity contribution >= 4 is 14.6 Å². The van der Waals surface area contributed by atoms with Crippen molar-refractivity contribution in [2.75, 3.05) is 6.66 Å². The van der Waals surface area contributed by atoms with Crippen LogP contribution in [-0.2, 0) is 9.53 Å². The van der Waals surface area contributed by atoms with Crippen LogP contribution in [0.25, 0.3) is 0 Å². The topological polar surface area (TPSA) is 26.3 Å². The highest BCUT2D eigenvalue weighted by Crippen LogP contribution is 2.43. The lowest BCUT2D eigenvalue weighted by Gasteiger charge is -2.40. The third-order valence-corrected chi connectivity index (χ3v) is 6.09. The first-order valence-corrected chi connectivity index (χ1v) is 9.59. The fraction of sp³-hybridized carbons (Fsp3) is 0.941. The van der Waals surface area contributed by atoms with Crippen LogP contribution < -0.4 is 0 Å². The molecule has 0 bridgehead atoms. The SMILES string of the molecule is CCC1(OC(=O)C(C)(CC(C)(C)C)PC)CCCCC1. The minimum Gasteiger partial charge on any atom is -0.458 e. The maximum atomic E-state index is 12.8. The second kappa shape index (κ2) is 6.77. The van der Waals surface area contributed by atoms with Crippen molar-refractivity contribution < 1.29 is 9.53 Å². The number of carbonyl (C=O) groups excluding carboxylic acids is 1. The molecule has 0 heterocycles. The highest BCUT2D eigenvalue weighted by molar-refractivity contribution is 7.40. The van der Waals surface area contributed by atoms with Gasteiger partial charge in [-0.1, -0.05) is 34.1 Å². The smallest absolute Gasteiger partial charge is 0.316 e. The first kappa shape index (κ1) is 18.0. The summed E-state index contributed by atoms with van der Waals surface area (Å²) in [5.41, 5.74) is -0.0170. The van der Waals surface area contributed by atoms with Crippen LogP contribution in [0.15, 0.2) is 0 Å². The molecule has 0 amide bonds. The Hall–Kier alpha value is -0.100. The van der Waals surface area contributed by atoms with E-state index >= 15 is 0 Å². The summed E-state index contributed by atoms with van der Waals surface area (Å²) in [6.45, 7) is 13.0. The largest absolute Gasteiger partial charge is 0.458 e. The van der Waals surface area contributed by atoms with Crippen LogP contribution in [0.5, 0.6) is 0 Å². The van der Waals surface area contributed by atoms with E-state index in [1.54, 1.807) is 0 Å². The lowest BCUT2D eigenvalue weighted by atomic mass is 9.82. The summed E-state index contributed by atoms with van der Waals surface area (Å²) in [6.07, 6.45) is 7.64. The van der Waals surface area contributed by atoms with E-state index in [1.165, 1.54) is 19.3 Å². The molecule has 0 aliphatic heterocycles. The van der Waals surface area contributed by atoms with Crippen LogP contribution >= 0.6 is 8.58 Å². The predicted octanol–water partition coefficient (Wildman–Crippen LogP) is 5.15. The van der Waals surface area contributed by atoms with Crippen LogP contribution in [0.3, 0.4) is 0 Å². The molecular weight excluding hydrogens is 267 g/mol. The van der Waals surface area contributed by atoms with Gasteiger partial charge in [0, 0.05) is 0 Å². The summed E-state index contributed by atoms with van der Waals surface area (Å²) < 4.78 is 6.10. The molecule has 0 aromatic rings. The summed E-state index contributed by atoms with van der Waals surface area (Å²) in [7, 11) is 0.590. The zero-order chi connectivity index (χ0) is 15.4. The maximum absolute atomic E-state index is 12.8. The minimum absolute atomic E-state index is 0.0389.